The Kier molecular flexibility index (Phi) is 3.15. The van der Waals surface area contributed by atoms with Crippen molar-refractivity contribution in [2.24, 2.45) is 0 Å². The summed E-state index contributed by atoms with van der Waals surface area (Å²) in [4.78, 5) is 17.6. The summed E-state index contributed by atoms with van der Waals surface area (Å²) in [6, 6.07) is 2.52. The van der Waals surface area contributed by atoms with Crippen molar-refractivity contribution in [3.63, 3.8) is 0 Å². The van der Waals surface area contributed by atoms with Gasteiger partial charge in [-0.25, -0.2) is 0 Å². The number of hydrogen-bond acceptors (Lipinski definition) is 2. The molecule has 0 aliphatic carbocycles. The monoisotopic (exact) mass is 220 g/mol. The third-order valence-electron chi connectivity index (χ3n) is 3.49. The van der Waals surface area contributed by atoms with E-state index in [0.717, 1.165) is 23.5 Å². The number of carbonyl (C=O) groups excluding carboxylic acids is 1. The minimum absolute atomic E-state index is 0.246. The summed E-state index contributed by atoms with van der Waals surface area (Å²) in [6.45, 7) is 7.79. The molecule has 0 aromatic carbocycles. The Bertz CT molecular complexity index is 395. The minimum Gasteiger partial charge on any atom is -0.362 e. The number of Topliss-reactive ketones (excluding diaryl/α,β-unsaturated/α-hetero) is 1. The first-order valence-electron chi connectivity index (χ1n) is 6.01. The summed E-state index contributed by atoms with van der Waals surface area (Å²) < 4.78 is 0. The van der Waals surface area contributed by atoms with Gasteiger partial charge in [0.15, 0.2) is 5.78 Å². The molecule has 1 fully saturated rings. The van der Waals surface area contributed by atoms with Gasteiger partial charge >= 0.3 is 0 Å². The van der Waals surface area contributed by atoms with Crippen LogP contribution in [0.15, 0.2) is 6.07 Å². The van der Waals surface area contributed by atoms with Crippen molar-refractivity contribution in [2.75, 3.05) is 13.1 Å². The van der Waals surface area contributed by atoms with Gasteiger partial charge in [0.25, 0.3) is 0 Å². The summed E-state index contributed by atoms with van der Waals surface area (Å²) in [7, 11) is 0. The summed E-state index contributed by atoms with van der Waals surface area (Å²) in [6.07, 6.45) is 2.44. The summed E-state index contributed by atoms with van der Waals surface area (Å²) in [5.41, 5.74) is 2.92. The van der Waals surface area contributed by atoms with Crippen molar-refractivity contribution < 1.29 is 4.79 Å². The van der Waals surface area contributed by atoms with Crippen molar-refractivity contribution in [2.45, 2.75) is 39.7 Å². The molecule has 1 aliphatic rings. The number of rotatable bonds is 3. The topological polar surface area (TPSA) is 36.1 Å². The van der Waals surface area contributed by atoms with E-state index in [-0.39, 0.29) is 5.78 Å². The molecular weight excluding hydrogens is 200 g/mol. The van der Waals surface area contributed by atoms with Gasteiger partial charge in [0.1, 0.15) is 0 Å². The van der Waals surface area contributed by atoms with Crippen LogP contribution in [0.25, 0.3) is 0 Å². The Hall–Kier alpha value is -1.09. The number of nitrogens with zero attached hydrogens (tertiary/aromatic N) is 1. The molecule has 0 bridgehead atoms. The number of aromatic amines is 1. The van der Waals surface area contributed by atoms with Gasteiger partial charge in [-0.1, -0.05) is 0 Å². The molecule has 0 saturated carbocycles. The SMILES string of the molecule is Cc1cc(C(=O)CN2CCCC2C)c(C)[nH]1. The van der Waals surface area contributed by atoms with E-state index >= 15 is 0 Å². The molecule has 1 aromatic rings. The first kappa shape index (κ1) is 11.4. The van der Waals surface area contributed by atoms with Gasteiger partial charge in [-0.2, -0.15) is 0 Å². The Morgan fingerprint density at radius 3 is 2.81 bits per heavy atom. The van der Waals surface area contributed by atoms with Gasteiger partial charge in [0.2, 0.25) is 0 Å². The molecule has 0 spiro atoms. The number of aromatic nitrogens is 1. The second-order valence-corrected chi connectivity index (χ2v) is 4.88. The molecule has 1 N–H and O–H groups in total. The largest absolute Gasteiger partial charge is 0.362 e. The second-order valence-electron chi connectivity index (χ2n) is 4.88. The molecule has 1 saturated heterocycles. The van der Waals surface area contributed by atoms with Crippen LogP contribution in [0.3, 0.4) is 0 Å². The number of aryl methyl sites for hydroxylation is 2. The van der Waals surface area contributed by atoms with Crippen LogP contribution in [0.4, 0.5) is 0 Å². The summed E-state index contributed by atoms with van der Waals surface area (Å²) in [5, 5.41) is 0. The van der Waals surface area contributed by atoms with Gasteiger partial charge in [-0.3, -0.25) is 9.69 Å². The van der Waals surface area contributed by atoms with Gasteiger partial charge in [-0.15, -0.1) is 0 Å². The lowest BCUT2D eigenvalue weighted by Gasteiger charge is -2.19. The number of ketones is 1. The molecule has 1 aromatic heterocycles. The zero-order valence-corrected chi connectivity index (χ0v) is 10.3. The third-order valence-corrected chi connectivity index (χ3v) is 3.49. The van der Waals surface area contributed by atoms with E-state index in [4.69, 9.17) is 0 Å². The highest BCUT2D eigenvalue weighted by atomic mass is 16.1. The lowest BCUT2D eigenvalue weighted by atomic mass is 10.1. The highest BCUT2D eigenvalue weighted by molar-refractivity contribution is 5.98. The maximum atomic E-state index is 12.1. The van der Waals surface area contributed by atoms with E-state index in [1.165, 1.54) is 12.8 Å². The first-order chi connectivity index (χ1) is 7.58. The maximum Gasteiger partial charge on any atom is 0.178 e. The van der Waals surface area contributed by atoms with Crippen molar-refractivity contribution >= 4 is 5.78 Å². The van der Waals surface area contributed by atoms with Crippen molar-refractivity contribution in [1.29, 1.82) is 0 Å². The second kappa shape index (κ2) is 4.42. The zero-order valence-electron chi connectivity index (χ0n) is 10.3. The summed E-state index contributed by atoms with van der Waals surface area (Å²) in [5.74, 6) is 0.246. The molecule has 3 nitrogen and oxygen atoms in total. The summed E-state index contributed by atoms with van der Waals surface area (Å²) >= 11 is 0. The Balaban J connectivity index is 2.05. The van der Waals surface area contributed by atoms with Crippen LogP contribution in [0, 0.1) is 13.8 Å². The highest BCUT2D eigenvalue weighted by Crippen LogP contribution is 2.18. The molecule has 2 rings (SSSR count). The third kappa shape index (κ3) is 2.19. The lowest BCUT2D eigenvalue weighted by Crippen LogP contribution is -2.32. The maximum absolute atomic E-state index is 12.1. The molecule has 16 heavy (non-hydrogen) atoms. The van der Waals surface area contributed by atoms with E-state index in [1.807, 2.05) is 19.9 Å². The van der Waals surface area contributed by atoms with Gasteiger partial charge < -0.3 is 4.98 Å². The van der Waals surface area contributed by atoms with Crippen molar-refractivity contribution in [3.8, 4) is 0 Å². The van der Waals surface area contributed by atoms with Crippen LogP contribution in [-0.2, 0) is 0 Å². The predicted octanol–water partition coefficient (Wildman–Crippen LogP) is 2.30. The molecule has 1 atom stereocenters. The lowest BCUT2D eigenvalue weighted by molar-refractivity contribution is 0.0926. The standard InChI is InChI=1S/C13H20N2O/c1-9-7-12(11(3)14-9)13(16)8-15-6-4-5-10(15)2/h7,10,14H,4-6,8H2,1-3H3. The van der Waals surface area contributed by atoms with E-state index in [2.05, 4.69) is 16.8 Å². The van der Waals surface area contributed by atoms with Gasteiger partial charge in [0, 0.05) is 23.0 Å². The molecule has 88 valence electrons. The molecule has 3 heteroatoms. The zero-order chi connectivity index (χ0) is 11.7. The fraction of sp³-hybridized carbons (Fsp3) is 0.615. The van der Waals surface area contributed by atoms with Crippen LogP contribution in [-0.4, -0.2) is 34.8 Å². The van der Waals surface area contributed by atoms with E-state index in [0.29, 0.717) is 12.6 Å². The molecule has 0 radical (unpaired) electrons. The Labute approximate surface area is 96.8 Å². The molecular formula is C13H20N2O. The van der Waals surface area contributed by atoms with Crippen LogP contribution in [0.5, 0.6) is 0 Å². The average Bonchev–Trinajstić information content (AvgIpc) is 2.74. The normalized spacial score (nSPS) is 21.6. The fourth-order valence-corrected chi connectivity index (χ4v) is 2.51. The van der Waals surface area contributed by atoms with E-state index < -0.39 is 0 Å². The quantitative estimate of drug-likeness (QED) is 0.793. The van der Waals surface area contributed by atoms with Crippen LogP contribution < -0.4 is 0 Å². The number of H-pyrrole nitrogens is 1. The first-order valence-corrected chi connectivity index (χ1v) is 6.01. The van der Waals surface area contributed by atoms with Crippen molar-refractivity contribution in [3.05, 3.63) is 23.0 Å². The Morgan fingerprint density at radius 1 is 1.56 bits per heavy atom. The number of likely N-dealkylation sites (tertiary alicyclic amines) is 1. The molecule has 1 unspecified atom stereocenters. The van der Waals surface area contributed by atoms with Gasteiger partial charge in [-0.05, 0) is 46.2 Å². The molecule has 0 amide bonds. The average molecular weight is 220 g/mol. The minimum atomic E-state index is 0.246. The molecule has 1 aliphatic heterocycles. The Morgan fingerprint density at radius 2 is 2.31 bits per heavy atom. The van der Waals surface area contributed by atoms with Crippen LogP contribution >= 0.6 is 0 Å². The van der Waals surface area contributed by atoms with Crippen LogP contribution in [0.2, 0.25) is 0 Å². The van der Waals surface area contributed by atoms with Crippen LogP contribution in [0.1, 0.15) is 41.5 Å². The van der Waals surface area contributed by atoms with E-state index in [1.54, 1.807) is 0 Å². The number of hydrogen-bond donors (Lipinski definition) is 1. The van der Waals surface area contributed by atoms with Crippen molar-refractivity contribution in [1.82, 2.24) is 9.88 Å². The van der Waals surface area contributed by atoms with E-state index in [9.17, 15) is 4.79 Å². The number of nitrogens with one attached hydrogen (secondary N) is 1. The highest BCUT2D eigenvalue weighted by Gasteiger charge is 2.23. The molecule has 2 heterocycles. The van der Waals surface area contributed by atoms with Gasteiger partial charge in [0.05, 0.1) is 6.54 Å². The fourth-order valence-electron chi connectivity index (χ4n) is 2.51. The predicted molar refractivity (Wildman–Crippen MR) is 64.9 cm³/mol. The number of carbonyl (C=O) groups is 1. The smallest absolute Gasteiger partial charge is 0.178 e.